The van der Waals surface area contributed by atoms with Crippen molar-refractivity contribution in [1.29, 1.82) is 0 Å². The molecular formula is C19H31NO3. The largest absolute Gasteiger partial charge is 0.507 e. The van der Waals surface area contributed by atoms with Crippen LogP contribution in [0.4, 0.5) is 10.5 Å². The standard InChI is InChI=1S/C19H31NO3/c1-17(2,3)13-10-12(20-16(22)23-19(7,8)9)11-14(15(13)21)18(4,5)6/h10-11,21H,1-9H3,(H,20,22). The molecule has 0 aromatic heterocycles. The number of aromatic hydroxyl groups is 1. The van der Waals surface area contributed by atoms with Crippen molar-refractivity contribution in [3.63, 3.8) is 0 Å². The molecule has 4 heteroatoms. The Balaban J connectivity index is 3.32. The molecule has 23 heavy (non-hydrogen) atoms. The van der Waals surface area contributed by atoms with Crippen LogP contribution in [0.15, 0.2) is 12.1 Å². The van der Waals surface area contributed by atoms with Gasteiger partial charge in [0.1, 0.15) is 11.4 Å². The Morgan fingerprint density at radius 3 is 1.61 bits per heavy atom. The fraction of sp³-hybridized carbons (Fsp3) is 0.632. The molecule has 130 valence electrons. The minimum Gasteiger partial charge on any atom is -0.507 e. The summed E-state index contributed by atoms with van der Waals surface area (Å²) < 4.78 is 5.31. The number of phenolic OH excluding ortho intramolecular Hbond substituents is 1. The molecule has 0 bridgehead atoms. The van der Waals surface area contributed by atoms with Crippen LogP contribution < -0.4 is 5.32 Å². The number of rotatable bonds is 1. The summed E-state index contributed by atoms with van der Waals surface area (Å²) >= 11 is 0. The van der Waals surface area contributed by atoms with Crippen LogP contribution in [0, 0.1) is 0 Å². The van der Waals surface area contributed by atoms with Gasteiger partial charge < -0.3 is 9.84 Å². The number of carbonyl (C=O) groups excluding carboxylic acids is 1. The molecule has 0 aliphatic carbocycles. The molecule has 1 aromatic rings. The topological polar surface area (TPSA) is 58.6 Å². The number of carbonyl (C=O) groups is 1. The minimum absolute atomic E-state index is 0.240. The van der Waals surface area contributed by atoms with Crippen molar-refractivity contribution in [1.82, 2.24) is 0 Å². The zero-order chi connectivity index (χ0) is 18.2. The summed E-state index contributed by atoms with van der Waals surface area (Å²) in [5, 5.41) is 13.4. The first-order valence-electron chi connectivity index (χ1n) is 7.99. The number of anilines is 1. The average molecular weight is 321 g/mol. The van der Waals surface area contributed by atoms with Gasteiger partial charge >= 0.3 is 6.09 Å². The zero-order valence-electron chi connectivity index (χ0n) is 15.9. The third-order valence-corrected chi connectivity index (χ3v) is 3.37. The lowest BCUT2D eigenvalue weighted by Gasteiger charge is -2.28. The fourth-order valence-corrected chi connectivity index (χ4v) is 2.27. The van der Waals surface area contributed by atoms with Crippen molar-refractivity contribution in [2.24, 2.45) is 0 Å². The number of amides is 1. The van der Waals surface area contributed by atoms with Crippen LogP contribution in [-0.2, 0) is 15.6 Å². The summed E-state index contributed by atoms with van der Waals surface area (Å²) in [6.07, 6.45) is -0.497. The predicted octanol–water partition coefficient (Wildman–Crippen LogP) is 5.33. The Hall–Kier alpha value is -1.71. The molecule has 0 atom stereocenters. The summed E-state index contributed by atoms with van der Waals surface area (Å²) in [4.78, 5) is 12.0. The molecule has 0 aliphatic rings. The van der Waals surface area contributed by atoms with E-state index < -0.39 is 11.7 Å². The van der Waals surface area contributed by atoms with E-state index in [1.54, 1.807) is 0 Å². The van der Waals surface area contributed by atoms with Crippen molar-refractivity contribution in [2.75, 3.05) is 5.32 Å². The van der Waals surface area contributed by atoms with Crippen molar-refractivity contribution in [3.05, 3.63) is 23.3 Å². The van der Waals surface area contributed by atoms with Crippen LogP contribution in [0.25, 0.3) is 0 Å². The predicted molar refractivity (Wildman–Crippen MR) is 95.4 cm³/mol. The second kappa shape index (κ2) is 6.06. The van der Waals surface area contributed by atoms with Crippen LogP contribution in [0.2, 0.25) is 0 Å². The maximum absolute atomic E-state index is 12.0. The minimum atomic E-state index is -0.555. The molecule has 2 N–H and O–H groups in total. The number of ether oxygens (including phenoxy) is 1. The highest BCUT2D eigenvalue weighted by Crippen LogP contribution is 2.41. The van der Waals surface area contributed by atoms with Gasteiger partial charge in [-0.2, -0.15) is 0 Å². The lowest BCUT2D eigenvalue weighted by Crippen LogP contribution is -2.27. The van der Waals surface area contributed by atoms with Crippen LogP contribution in [0.5, 0.6) is 5.75 Å². The third kappa shape index (κ3) is 5.45. The van der Waals surface area contributed by atoms with Gasteiger partial charge in [0.05, 0.1) is 0 Å². The van der Waals surface area contributed by atoms with Crippen molar-refractivity contribution in [2.45, 2.75) is 78.7 Å². The van der Waals surface area contributed by atoms with Gasteiger partial charge in [-0.1, -0.05) is 41.5 Å². The van der Waals surface area contributed by atoms with Gasteiger partial charge in [0, 0.05) is 16.8 Å². The van der Waals surface area contributed by atoms with Crippen molar-refractivity contribution < 1.29 is 14.6 Å². The Labute approximate surface area is 140 Å². The molecular weight excluding hydrogens is 290 g/mol. The van der Waals surface area contributed by atoms with Crippen LogP contribution in [0.1, 0.15) is 73.4 Å². The molecule has 0 unspecified atom stereocenters. The second-order valence-electron chi connectivity index (χ2n) is 9.05. The summed E-state index contributed by atoms with van der Waals surface area (Å²) in [5.41, 5.74) is 1.20. The number of nitrogens with one attached hydrogen (secondary N) is 1. The SMILES string of the molecule is CC(C)(C)OC(=O)Nc1cc(C(C)(C)C)c(O)c(C(C)(C)C)c1. The van der Waals surface area contributed by atoms with E-state index in [-0.39, 0.29) is 10.8 Å². The number of hydrogen-bond acceptors (Lipinski definition) is 3. The fourth-order valence-electron chi connectivity index (χ4n) is 2.27. The lowest BCUT2D eigenvalue weighted by atomic mass is 9.79. The second-order valence-corrected chi connectivity index (χ2v) is 9.05. The molecule has 0 saturated heterocycles. The number of benzene rings is 1. The van der Waals surface area contributed by atoms with Crippen LogP contribution in [-0.4, -0.2) is 16.8 Å². The van der Waals surface area contributed by atoms with E-state index in [4.69, 9.17) is 4.74 Å². The average Bonchev–Trinajstić information content (AvgIpc) is 2.25. The maximum Gasteiger partial charge on any atom is 0.412 e. The molecule has 4 nitrogen and oxygen atoms in total. The quantitative estimate of drug-likeness (QED) is 0.687. The Morgan fingerprint density at radius 2 is 1.30 bits per heavy atom. The highest BCUT2D eigenvalue weighted by molar-refractivity contribution is 5.85. The van der Waals surface area contributed by atoms with E-state index >= 15 is 0 Å². The molecule has 1 rings (SSSR count). The maximum atomic E-state index is 12.0. The lowest BCUT2D eigenvalue weighted by molar-refractivity contribution is 0.0636. The number of phenols is 1. The highest BCUT2D eigenvalue weighted by atomic mass is 16.6. The first-order valence-corrected chi connectivity index (χ1v) is 7.99. The molecule has 0 radical (unpaired) electrons. The van der Waals surface area contributed by atoms with E-state index in [1.165, 1.54) is 0 Å². The summed E-state index contributed by atoms with van der Waals surface area (Å²) in [6.45, 7) is 17.7. The van der Waals surface area contributed by atoms with E-state index in [2.05, 4.69) is 5.32 Å². The van der Waals surface area contributed by atoms with Crippen molar-refractivity contribution in [3.8, 4) is 5.75 Å². The van der Waals surface area contributed by atoms with Crippen molar-refractivity contribution >= 4 is 11.8 Å². The van der Waals surface area contributed by atoms with E-state index in [0.29, 0.717) is 11.4 Å². The Kier molecular flexibility index (Phi) is 5.10. The van der Waals surface area contributed by atoms with E-state index in [1.807, 2.05) is 74.4 Å². The Morgan fingerprint density at radius 1 is 0.913 bits per heavy atom. The molecule has 0 heterocycles. The zero-order valence-corrected chi connectivity index (χ0v) is 15.9. The van der Waals surface area contributed by atoms with E-state index in [9.17, 15) is 9.90 Å². The molecule has 0 spiro atoms. The Bertz CT molecular complexity index is 549. The van der Waals surface area contributed by atoms with Gasteiger partial charge in [-0.15, -0.1) is 0 Å². The molecule has 1 aromatic carbocycles. The summed E-state index contributed by atoms with van der Waals surface area (Å²) in [6, 6.07) is 3.63. The normalized spacial score (nSPS) is 12.9. The molecule has 1 amide bonds. The highest BCUT2D eigenvalue weighted by Gasteiger charge is 2.27. The molecule has 0 fully saturated rings. The van der Waals surface area contributed by atoms with Gasteiger partial charge in [-0.3, -0.25) is 5.32 Å². The summed E-state index contributed by atoms with van der Waals surface area (Å²) in [7, 11) is 0. The van der Waals surface area contributed by atoms with Gasteiger partial charge in [0.25, 0.3) is 0 Å². The monoisotopic (exact) mass is 321 g/mol. The first-order chi connectivity index (χ1) is 10.1. The van der Waals surface area contributed by atoms with Gasteiger partial charge in [-0.25, -0.2) is 4.79 Å². The van der Waals surface area contributed by atoms with Crippen LogP contribution in [0.3, 0.4) is 0 Å². The summed E-state index contributed by atoms with van der Waals surface area (Å²) in [5.74, 6) is 0.291. The first kappa shape index (κ1) is 19.3. The number of hydrogen-bond donors (Lipinski definition) is 2. The van der Waals surface area contributed by atoms with E-state index in [0.717, 1.165) is 11.1 Å². The molecule has 0 saturated carbocycles. The van der Waals surface area contributed by atoms with Gasteiger partial charge in [0.15, 0.2) is 0 Å². The van der Waals surface area contributed by atoms with Crippen LogP contribution >= 0.6 is 0 Å². The smallest absolute Gasteiger partial charge is 0.412 e. The van der Waals surface area contributed by atoms with Gasteiger partial charge in [0.2, 0.25) is 0 Å². The third-order valence-electron chi connectivity index (χ3n) is 3.37. The molecule has 0 aliphatic heterocycles. The van der Waals surface area contributed by atoms with Gasteiger partial charge in [-0.05, 0) is 43.7 Å².